The maximum Gasteiger partial charge on any atom is -0.00195 e. The molecule has 0 fully saturated rings. The quantitative estimate of drug-likeness (QED) is 0.154. The Morgan fingerprint density at radius 1 is 0.229 bits per heavy atom. The van der Waals surface area contributed by atoms with Gasteiger partial charge in [-0.15, -0.1) is 0 Å². The zero-order valence-electron chi connectivity index (χ0n) is 42.2. The third-order valence-electron chi connectivity index (χ3n) is 16.2. The van der Waals surface area contributed by atoms with Crippen LogP contribution in [0.1, 0.15) is 74.9 Å². The Kier molecular flexibility index (Phi) is 9.11. The molecule has 0 aliphatic carbocycles. The van der Waals surface area contributed by atoms with Crippen molar-refractivity contribution in [3.63, 3.8) is 0 Å². The van der Waals surface area contributed by atoms with E-state index in [-0.39, 0.29) is 10.8 Å². The van der Waals surface area contributed by atoms with Gasteiger partial charge in [-0.2, -0.15) is 0 Å². The highest BCUT2D eigenvalue weighted by Gasteiger charge is 2.23. The van der Waals surface area contributed by atoms with Gasteiger partial charge < -0.3 is 0 Å². The van der Waals surface area contributed by atoms with Crippen LogP contribution in [-0.4, -0.2) is 0 Å². The van der Waals surface area contributed by atoms with Crippen LogP contribution < -0.4 is 0 Å². The summed E-state index contributed by atoms with van der Waals surface area (Å²) >= 11 is 0. The molecule has 0 amide bonds. The lowest BCUT2D eigenvalue weighted by molar-refractivity contribution is 0.590. The van der Waals surface area contributed by atoms with Crippen molar-refractivity contribution in [3.05, 3.63) is 203 Å². The molecular weight excluding hydrogens is 841 g/mol. The number of fused-ring (bicyclic) bond motifs is 11. The van der Waals surface area contributed by atoms with Crippen molar-refractivity contribution in [2.45, 2.75) is 80.1 Å². The highest BCUT2D eigenvalue weighted by atomic mass is 14.3. The van der Waals surface area contributed by atoms with Gasteiger partial charge in [-0.05, 0) is 251 Å². The van der Waals surface area contributed by atoms with Crippen molar-refractivity contribution < 1.29 is 0 Å². The number of hydrogen-bond donors (Lipinski definition) is 0. The first-order valence-electron chi connectivity index (χ1n) is 25.2. The zero-order chi connectivity index (χ0) is 48.1. The standard InChI is InChI=1S/C70H58/c1-39-13-11-14-40(2)65(39)47-33-59-51-27-21-45(43-17-23-49(24-18-43)69(5,6)7)31-55(51)63-37-57-53(61(35-47)67(59)63)29-30-54-58(57)38-64-56-32-46(44-19-25-50(26-20-44)70(8,9)10)22-28-52(56)60-34-48(36-62(54)68(60)64)66-41(3)15-12-16-42(66)4/h11-38H,1-10H3. The van der Waals surface area contributed by atoms with Gasteiger partial charge in [-0.25, -0.2) is 0 Å². The predicted molar refractivity (Wildman–Crippen MR) is 307 cm³/mol. The van der Waals surface area contributed by atoms with E-state index in [0.717, 1.165) is 0 Å². The second-order valence-electron chi connectivity index (χ2n) is 22.7. The van der Waals surface area contributed by atoms with Gasteiger partial charge >= 0.3 is 0 Å². The summed E-state index contributed by atoms with van der Waals surface area (Å²) in [4.78, 5) is 0. The summed E-state index contributed by atoms with van der Waals surface area (Å²) in [5.41, 5.74) is 18.3. The third-order valence-corrected chi connectivity index (χ3v) is 16.2. The Bertz CT molecular complexity index is 3980. The van der Waals surface area contributed by atoms with Crippen LogP contribution >= 0.6 is 0 Å². The van der Waals surface area contributed by atoms with E-state index in [0.29, 0.717) is 0 Å². The molecule has 0 atom stereocenters. The molecule has 0 radical (unpaired) electrons. The summed E-state index contributed by atoms with van der Waals surface area (Å²) in [7, 11) is 0. The summed E-state index contributed by atoms with van der Waals surface area (Å²) in [5, 5.41) is 21.1. The lowest BCUT2D eigenvalue weighted by atomic mass is 9.86. The van der Waals surface area contributed by atoms with E-state index in [1.54, 1.807) is 0 Å². The minimum absolute atomic E-state index is 0.0980. The summed E-state index contributed by atoms with van der Waals surface area (Å²) in [6, 6.07) is 66.3. The summed E-state index contributed by atoms with van der Waals surface area (Å²) in [6.45, 7) is 22.8. The maximum absolute atomic E-state index is 2.55. The fraction of sp³-hybridized carbons (Fsp3) is 0.171. The van der Waals surface area contributed by atoms with Crippen molar-refractivity contribution in [1.29, 1.82) is 0 Å². The molecule has 0 unspecified atom stereocenters. The van der Waals surface area contributed by atoms with Crippen LogP contribution in [0.2, 0.25) is 0 Å². The van der Waals surface area contributed by atoms with E-state index in [4.69, 9.17) is 0 Å². The highest BCUT2D eigenvalue weighted by Crippen LogP contribution is 2.50. The predicted octanol–water partition coefficient (Wildman–Crippen LogP) is 20.3. The highest BCUT2D eigenvalue weighted by molar-refractivity contribution is 6.41. The van der Waals surface area contributed by atoms with E-state index < -0.39 is 0 Å². The largest absolute Gasteiger partial charge is 0.0617 e. The topological polar surface area (TPSA) is 0 Å². The van der Waals surface area contributed by atoms with E-state index in [9.17, 15) is 0 Å². The second-order valence-corrected chi connectivity index (χ2v) is 22.7. The lowest BCUT2D eigenvalue weighted by Crippen LogP contribution is -2.10. The van der Waals surface area contributed by atoms with Gasteiger partial charge in [0.2, 0.25) is 0 Å². The van der Waals surface area contributed by atoms with Crippen molar-refractivity contribution in [2.75, 3.05) is 0 Å². The van der Waals surface area contributed by atoms with Gasteiger partial charge in [-0.1, -0.05) is 163 Å². The summed E-state index contributed by atoms with van der Waals surface area (Å²) in [5.74, 6) is 0. The van der Waals surface area contributed by atoms with E-state index in [1.807, 2.05) is 0 Å². The molecule has 0 aliphatic heterocycles. The van der Waals surface area contributed by atoms with Crippen LogP contribution in [-0.2, 0) is 10.8 Å². The van der Waals surface area contributed by atoms with Crippen molar-refractivity contribution in [3.8, 4) is 44.5 Å². The SMILES string of the molecule is Cc1cccc(C)c1-c1cc2c3ccc4c(cc5c6cc(-c7ccc(C(C)(C)C)cc7)ccc6c6cc(-c7c(C)cccc7C)cc4c65)c3cc3c4cc(-c5ccc(C(C)(C)C)cc5)ccc4c(c1)c23. The molecule has 0 nitrogen and oxygen atoms in total. The van der Waals surface area contributed by atoms with Crippen LogP contribution in [0.3, 0.4) is 0 Å². The first kappa shape index (κ1) is 42.6. The van der Waals surface area contributed by atoms with Crippen LogP contribution in [0.5, 0.6) is 0 Å². The Morgan fingerprint density at radius 2 is 0.486 bits per heavy atom. The van der Waals surface area contributed by atoms with E-state index in [1.165, 1.54) is 164 Å². The van der Waals surface area contributed by atoms with Crippen molar-refractivity contribution in [2.24, 2.45) is 0 Å². The molecule has 70 heavy (non-hydrogen) atoms. The molecule has 0 saturated heterocycles. The fourth-order valence-corrected chi connectivity index (χ4v) is 12.5. The molecule has 0 aromatic heterocycles. The normalized spacial score (nSPS) is 12.7. The number of aryl methyl sites for hydroxylation is 4. The van der Waals surface area contributed by atoms with E-state index >= 15 is 0 Å². The van der Waals surface area contributed by atoms with Crippen LogP contribution in [0.15, 0.2) is 170 Å². The average Bonchev–Trinajstić information content (AvgIpc) is 3.82. The van der Waals surface area contributed by atoms with Crippen molar-refractivity contribution in [1.82, 2.24) is 0 Å². The molecule has 0 heteroatoms. The Balaban J connectivity index is 1.15. The smallest absolute Gasteiger partial charge is 0.00195 e. The molecule has 0 spiro atoms. The summed E-state index contributed by atoms with van der Waals surface area (Å²) in [6.07, 6.45) is 0. The lowest BCUT2D eigenvalue weighted by Gasteiger charge is -2.19. The van der Waals surface area contributed by atoms with Crippen molar-refractivity contribution >= 4 is 86.2 Å². The van der Waals surface area contributed by atoms with Crippen LogP contribution in [0.25, 0.3) is 131 Å². The summed E-state index contributed by atoms with van der Waals surface area (Å²) < 4.78 is 0. The molecule has 0 bridgehead atoms. The Hall–Kier alpha value is -7.54. The zero-order valence-corrected chi connectivity index (χ0v) is 42.2. The van der Waals surface area contributed by atoms with Gasteiger partial charge in [0.1, 0.15) is 0 Å². The van der Waals surface area contributed by atoms with Gasteiger partial charge in [0.25, 0.3) is 0 Å². The Morgan fingerprint density at radius 3 is 0.800 bits per heavy atom. The maximum atomic E-state index is 2.55. The van der Waals surface area contributed by atoms with Crippen LogP contribution in [0.4, 0.5) is 0 Å². The number of benzene rings is 11. The minimum atomic E-state index is 0.0980. The molecule has 13 aromatic rings. The monoisotopic (exact) mass is 898 g/mol. The fourth-order valence-electron chi connectivity index (χ4n) is 12.5. The second kappa shape index (κ2) is 15.0. The van der Waals surface area contributed by atoms with Gasteiger partial charge in [-0.3, -0.25) is 0 Å². The molecule has 0 heterocycles. The van der Waals surface area contributed by atoms with Gasteiger partial charge in [0.15, 0.2) is 0 Å². The molecule has 13 aromatic carbocycles. The molecule has 0 N–H and O–H groups in total. The first-order valence-corrected chi connectivity index (χ1v) is 25.2. The number of hydrogen-bond acceptors (Lipinski definition) is 0. The average molecular weight is 899 g/mol. The molecule has 338 valence electrons. The Labute approximate surface area is 411 Å². The first-order chi connectivity index (χ1) is 33.6. The minimum Gasteiger partial charge on any atom is -0.0617 e. The molecule has 0 aliphatic rings. The molecular formula is C70H58. The molecule has 0 saturated carbocycles. The molecule has 13 rings (SSSR count). The van der Waals surface area contributed by atoms with Gasteiger partial charge in [0, 0.05) is 0 Å². The number of rotatable bonds is 4. The van der Waals surface area contributed by atoms with Gasteiger partial charge in [0.05, 0.1) is 0 Å². The van der Waals surface area contributed by atoms with E-state index in [2.05, 4.69) is 239 Å². The third kappa shape index (κ3) is 6.35. The van der Waals surface area contributed by atoms with Crippen LogP contribution in [0, 0.1) is 27.7 Å².